The van der Waals surface area contributed by atoms with Crippen molar-refractivity contribution in [3.05, 3.63) is 24.0 Å². The van der Waals surface area contributed by atoms with Crippen LogP contribution in [0.4, 0.5) is 18.9 Å². The summed E-state index contributed by atoms with van der Waals surface area (Å²) in [6.07, 6.45) is -4.40. The van der Waals surface area contributed by atoms with Gasteiger partial charge < -0.3 is 9.15 Å². The topological polar surface area (TPSA) is 51.8 Å². The molecule has 1 aromatic carbocycles. The number of furan rings is 1. The Morgan fingerprint density at radius 1 is 1.38 bits per heavy atom. The van der Waals surface area contributed by atoms with Crippen molar-refractivity contribution in [1.29, 1.82) is 0 Å². The summed E-state index contributed by atoms with van der Waals surface area (Å²) >= 11 is 0. The molecule has 0 amide bonds. The van der Waals surface area contributed by atoms with Gasteiger partial charge in [0.1, 0.15) is 22.8 Å². The van der Waals surface area contributed by atoms with Gasteiger partial charge in [0.2, 0.25) is 6.08 Å². The van der Waals surface area contributed by atoms with Crippen LogP contribution < -0.4 is 4.74 Å². The van der Waals surface area contributed by atoms with E-state index in [9.17, 15) is 18.0 Å². The molecule has 0 N–H and O–H groups in total. The lowest BCUT2D eigenvalue weighted by Crippen LogP contribution is -2.08. The van der Waals surface area contributed by atoms with E-state index >= 15 is 0 Å². The van der Waals surface area contributed by atoms with Gasteiger partial charge in [-0.3, -0.25) is 0 Å². The molecular weight excluding hydrogens is 287 g/mol. The summed E-state index contributed by atoms with van der Waals surface area (Å²) in [5.74, 6) is 0.537. The van der Waals surface area contributed by atoms with Gasteiger partial charge in [-0.2, -0.15) is 18.2 Å². The van der Waals surface area contributed by atoms with Gasteiger partial charge in [0.15, 0.2) is 0 Å². The van der Waals surface area contributed by atoms with Crippen molar-refractivity contribution in [2.24, 2.45) is 4.99 Å². The molecule has 112 valence electrons. The minimum Gasteiger partial charge on any atom is -0.494 e. The second-order valence-electron chi connectivity index (χ2n) is 4.28. The molecule has 1 aromatic heterocycles. The monoisotopic (exact) mass is 299 g/mol. The van der Waals surface area contributed by atoms with Crippen molar-refractivity contribution < 1.29 is 27.1 Å². The number of fused-ring (bicyclic) bond motifs is 1. The summed E-state index contributed by atoms with van der Waals surface area (Å²) in [4.78, 5) is 14.0. The van der Waals surface area contributed by atoms with Crippen LogP contribution in [0.5, 0.6) is 5.75 Å². The lowest BCUT2D eigenvalue weighted by Gasteiger charge is -2.03. The first-order chi connectivity index (χ1) is 9.94. The molecule has 2 rings (SSSR count). The summed E-state index contributed by atoms with van der Waals surface area (Å²) in [5, 5.41) is 0.432. The first-order valence-corrected chi connectivity index (χ1v) is 6.27. The molecule has 0 unspecified atom stereocenters. The molecule has 0 aliphatic heterocycles. The number of nitrogens with zero attached hydrogens (tertiary/aromatic N) is 1. The van der Waals surface area contributed by atoms with Crippen molar-refractivity contribution in [3.63, 3.8) is 0 Å². The molecule has 0 bridgehead atoms. The zero-order valence-corrected chi connectivity index (χ0v) is 11.2. The maximum absolute atomic E-state index is 12.3. The van der Waals surface area contributed by atoms with Crippen LogP contribution in [-0.4, -0.2) is 18.9 Å². The molecule has 0 spiro atoms. The molecule has 21 heavy (non-hydrogen) atoms. The van der Waals surface area contributed by atoms with Crippen LogP contribution in [0.2, 0.25) is 0 Å². The van der Waals surface area contributed by atoms with E-state index in [0.717, 1.165) is 0 Å². The molecule has 0 fully saturated rings. The lowest BCUT2D eigenvalue weighted by molar-refractivity contribution is -0.134. The van der Waals surface area contributed by atoms with Crippen LogP contribution >= 0.6 is 0 Å². The fourth-order valence-corrected chi connectivity index (χ4v) is 1.96. The van der Waals surface area contributed by atoms with Crippen molar-refractivity contribution in [1.82, 2.24) is 0 Å². The molecular formula is C14H12F3NO3. The maximum Gasteiger partial charge on any atom is 0.389 e. The molecule has 0 atom stereocenters. The standard InChI is InChI=1S/C14H12F3NO3/c1-2-20-9-3-4-11-10(7-9)13(18-8-19)12(21-11)5-6-14(15,16)17/h3-4,7H,2,5-6H2,1H3. The largest absolute Gasteiger partial charge is 0.494 e. The lowest BCUT2D eigenvalue weighted by atomic mass is 10.1. The summed E-state index contributed by atoms with van der Waals surface area (Å²) < 4.78 is 47.6. The fraction of sp³-hybridized carbons (Fsp3) is 0.357. The van der Waals surface area contributed by atoms with E-state index in [2.05, 4.69) is 4.99 Å². The average Bonchev–Trinajstić information content (AvgIpc) is 2.75. The third-order valence-corrected chi connectivity index (χ3v) is 2.81. The van der Waals surface area contributed by atoms with E-state index in [0.29, 0.717) is 23.3 Å². The predicted molar refractivity (Wildman–Crippen MR) is 69.5 cm³/mol. The maximum atomic E-state index is 12.3. The van der Waals surface area contributed by atoms with Crippen LogP contribution in [-0.2, 0) is 11.2 Å². The molecule has 0 aliphatic rings. The molecule has 0 saturated heterocycles. The summed E-state index contributed by atoms with van der Waals surface area (Å²) in [7, 11) is 0. The molecule has 1 heterocycles. The fourth-order valence-electron chi connectivity index (χ4n) is 1.96. The van der Waals surface area contributed by atoms with E-state index in [1.54, 1.807) is 25.1 Å². The van der Waals surface area contributed by atoms with E-state index in [1.807, 2.05) is 0 Å². The Hall–Kier alpha value is -2.27. The highest BCUT2D eigenvalue weighted by molar-refractivity contribution is 5.92. The Kier molecular flexibility index (Phi) is 4.33. The second-order valence-corrected chi connectivity index (χ2v) is 4.28. The summed E-state index contributed by atoms with van der Waals surface area (Å²) in [6, 6.07) is 4.79. The van der Waals surface area contributed by atoms with E-state index < -0.39 is 12.6 Å². The average molecular weight is 299 g/mol. The number of halogens is 3. The Labute approximate surface area is 118 Å². The predicted octanol–water partition coefficient (Wildman–Crippen LogP) is 4.29. The van der Waals surface area contributed by atoms with Crippen LogP contribution in [0.15, 0.2) is 27.6 Å². The number of alkyl halides is 3. The Morgan fingerprint density at radius 3 is 2.76 bits per heavy atom. The number of isocyanates is 1. The minimum atomic E-state index is -4.31. The number of aryl methyl sites for hydroxylation is 1. The first-order valence-electron chi connectivity index (χ1n) is 6.27. The van der Waals surface area contributed by atoms with Crippen LogP contribution in [0.1, 0.15) is 19.1 Å². The van der Waals surface area contributed by atoms with Gasteiger partial charge in [-0.1, -0.05) is 0 Å². The van der Waals surface area contributed by atoms with Crippen LogP contribution in [0.3, 0.4) is 0 Å². The number of rotatable bonds is 5. The van der Waals surface area contributed by atoms with E-state index in [-0.39, 0.29) is 17.9 Å². The zero-order valence-electron chi connectivity index (χ0n) is 11.2. The Balaban J connectivity index is 2.45. The molecule has 4 nitrogen and oxygen atoms in total. The molecule has 7 heteroatoms. The van der Waals surface area contributed by atoms with Crippen LogP contribution in [0, 0.1) is 0 Å². The molecule has 2 aromatic rings. The molecule has 0 aliphatic carbocycles. The van der Waals surface area contributed by atoms with Crippen molar-refractivity contribution in [2.45, 2.75) is 25.9 Å². The summed E-state index contributed by atoms with van der Waals surface area (Å²) in [6.45, 7) is 2.25. The first kappa shape index (κ1) is 15.1. The number of hydrogen-bond acceptors (Lipinski definition) is 4. The van der Waals surface area contributed by atoms with E-state index in [1.165, 1.54) is 6.08 Å². The summed E-state index contributed by atoms with van der Waals surface area (Å²) in [5.41, 5.74) is 0.426. The number of aliphatic imine (C=N–C) groups is 1. The number of hydrogen-bond donors (Lipinski definition) is 0. The second kappa shape index (κ2) is 6.01. The third kappa shape index (κ3) is 3.64. The zero-order chi connectivity index (χ0) is 15.5. The third-order valence-electron chi connectivity index (χ3n) is 2.81. The van der Waals surface area contributed by atoms with Crippen LogP contribution in [0.25, 0.3) is 11.0 Å². The van der Waals surface area contributed by atoms with Gasteiger partial charge in [-0.25, -0.2) is 4.79 Å². The van der Waals surface area contributed by atoms with Crippen molar-refractivity contribution in [3.8, 4) is 5.75 Å². The quantitative estimate of drug-likeness (QED) is 0.611. The minimum absolute atomic E-state index is 0.0133. The smallest absolute Gasteiger partial charge is 0.389 e. The Morgan fingerprint density at radius 2 is 2.14 bits per heavy atom. The highest BCUT2D eigenvalue weighted by Gasteiger charge is 2.28. The normalized spacial score (nSPS) is 11.4. The number of carbonyl (C=O) groups excluding carboxylic acids is 1. The van der Waals surface area contributed by atoms with E-state index in [4.69, 9.17) is 9.15 Å². The van der Waals surface area contributed by atoms with Gasteiger partial charge in [-0.05, 0) is 25.1 Å². The van der Waals surface area contributed by atoms with Crippen molar-refractivity contribution in [2.75, 3.05) is 6.61 Å². The number of ether oxygens (including phenoxy) is 1. The number of benzene rings is 1. The molecule has 0 saturated carbocycles. The van der Waals surface area contributed by atoms with Gasteiger partial charge in [0.25, 0.3) is 0 Å². The van der Waals surface area contributed by atoms with Gasteiger partial charge >= 0.3 is 6.18 Å². The Bertz CT molecular complexity index is 685. The highest BCUT2D eigenvalue weighted by atomic mass is 19.4. The molecule has 0 radical (unpaired) electrons. The SMILES string of the molecule is CCOc1ccc2oc(CCC(F)(F)F)c(N=C=O)c2c1. The van der Waals surface area contributed by atoms with Gasteiger partial charge in [-0.15, -0.1) is 0 Å². The van der Waals surface area contributed by atoms with Gasteiger partial charge in [0.05, 0.1) is 18.4 Å². The highest BCUT2D eigenvalue weighted by Crippen LogP contribution is 2.37. The van der Waals surface area contributed by atoms with Gasteiger partial charge in [0, 0.05) is 6.42 Å². The van der Waals surface area contributed by atoms with Crippen molar-refractivity contribution >= 4 is 22.7 Å².